The maximum absolute atomic E-state index is 13.2. The second kappa shape index (κ2) is 10.2. The van der Waals surface area contributed by atoms with Gasteiger partial charge in [0.2, 0.25) is 5.91 Å². The lowest BCUT2D eigenvalue weighted by atomic mass is 10.1. The molecule has 0 aliphatic carbocycles. The number of benzene rings is 1. The molecule has 1 atom stereocenters. The third-order valence-corrected chi connectivity index (χ3v) is 9.50. The molecule has 3 aromatic rings. The van der Waals surface area contributed by atoms with Crippen LogP contribution < -0.4 is 19.8 Å². The van der Waals surface area contributed by atoms with Crippen molar-refractivity contribution in [3.8, 4) is 0 Å². The molecule has 0 saturated carbocycles. The van der Waals surface area contributed by atoms with Gasteiger partial charge in [0.15, 0.2) is 9.34 Å². The first-order chi connectivity index (χ1) is 17.3. The SMILES string of the molecule is CC(=O)Nc1nc(C)c(S(=O)(=O)NC2CCCN(c3ncnc4cc(N5CCOCC5)ccc34)C2)s1. The van der Waals surface area contributed by atoms with Crippen molar-refractivity contribution in [3.05, 3.63) is 30.2 Å². The van der Waals surface area contributed by atoms with Gasteiger partial charge in [-0.2, -0.15) is 0 Å². The summed E-state index contributed by atoms with van der Waals surface area (Å²) in [5, 5.41) is 3.77. The van der Waals surface area contributed by atoms with Crippen LogP contribution in [0.25, 0.3) is 10.9 Å². The monoisotopic (exact) mass is 531 g/mol. The lowest BCUT2D eigenvalue weighted by Gasteiger charge is -2.34. The molecule has 2 aliphatic rings. The molecule has 1 amide bonds. The van der Waals surface area contributed by atoms with E-state index in [1.54, 1.807) is 13.3 Å². The zero-order valence-electron chi connectivity index (χ0n) is 20.2. The minimum Gasteiger partial charge on any atom is -0.378 e. The first kappa shape index (κ1) is 24.8. The smallest absolute Gasteiger partial charge is 0.252 e. The fourth-order valence-electron chi connectivity index (χ4n) is 4.68. The van der Waals surface area contributed by atoms with Crippen LogP contribution in [0, 0.1) is 6.92 Å². The third kappa shape index (κ3) is 5.28. The van der Waals surface area contributed by atoms with Gasteiger partial charge in [-0.15, -0.1) is 0 Å². The summed E-state index contributed by atoms with van der Waals surface area (Å²) < 4.78 is 34.7. The molecule has 5 rings (SSSR count). The fourth-order valence-corrected chi connectivity index (χ4v) is 7.41. The number of thiazole rings is 1. The summed E-state index contributed by atoms with van der Waals surface area (Å²) in [6.07, 6.45) is 3.11. The van der Waals surface area contributed by atoms with Crippen molar-refractivity contribution in [2.45, 2.75) is 36.9 Å². The predicted octanol–water partition coefficient (Wildman–Crippen LogP) is 2.14. The Morgan fingerprint density at radius 3 is 2.75 bits per heavy atom. The number of rotatable bonds is 6. The molecule has 2 fully saturated rings. The summed E-state index contributed by atoms with van der Waals surface area (Å²) >= 11 is 0.956. The van der Waals surface area contributed by atoms with Crippen molar-refractivity contribution in [1.29, 1.82) is 0 Å². The number of sulfonamides is 1. The molecular formula is C23H29N7O4S2. The van der Waals surface area contributed by atoms with Gasteiger partial charge < -0.3 is 19.9 Å². The molecule has 4 heterocycles. The summed E-state index contributed by atoms with van der Waals surface area (Å²) in [6.45, 7) is 7.39. The maximum Gasteiger partial charge on any atom is 0.252 e. The van der Waals surface area contributed by atoms with Gasteiger partial charge in [0.1, 0.15) is 12.1 Å². The van der Waals surface area contributed by atoms with E-state index < -0.39 is 10.0 Å². The van der Waals surface area contributed by atoms with Gasteiger partial charge in [-0.25, -0.2) is 28.1 Å². The lowest BCUT2D eigenvalue weighted by Crippen LogP contribution is -2.48. The van der Waals surface area contributed by atoms with Crippen LogP contribution in [-0.4, -0.2) is 74.7 Å². The Morgan fingerprint density at radius 2 is 1.97 bits per heavy atom. The number of ether oxygens (including phenoxy) is 1. The number of fused-ring (bicyclic) bond motifs is 1. The minimum atomic E-state index is -3.79. The van der Waals surface area contributed by atoms with Crippen LogP contribution in [0.2, 0.25) is 0 Å². The van der Waals surface area contributed by atoms with Crippen LogP contribution >= 0.6 is 11.3 Å². The molecule has 2 N–H and O–H groups in total. The largest absolute Gasteiger partial charge is 0.378 e. The highest BCUT2D eigenvalue weighted by Gasteiger charge is 2.29. The van der Waals surface area contributed by atoms with E-state index in [4.69, 9.17) is 4.74 Å². The highest BCUT2D eigenvalue weighted by atomic mass is 32.2. The first-order valence-electron chi connectivity index (χ1n) is 11.9. The molecule has 1 aromatic carbocycles. The molecule has 1 unspecified atom stereocenters. The number of hydrogen-bond acceptors (Lipinski definition) is 10. The molecule has 0 spiro atoms. The van der Waals surface area contributed by atoms with Gasteiger partial charge in [-0.05, 0) is 38.0 Å². The van der Waals surface area contributed by atoms with Gasteiger partial charge in [-0.1, -0.05) is 11.3 Å². The van der Waals surface area contributed by atoms with Crippen molar-refractivity contribution in [3.63, 3.8) is 0 Å². The van der Waals surface area contributed by atoms with Gasteiger partial charge >= 0.3 is 0 Å². The molecule has 2 aliphatic heterocycles. The quantitative estimate of drug-likeness (QED) is 0.491. The number of aryl methyl sites for hydroxylation is 1. The Bertz CT molecular complexity index is 1370. The topological polar surface area (TPSA) is 130 Å². The van der Waals surface area contributed by atoms with Crippen molar-refractivity contribution in [2.75, 3.05) is 54.5 Å². The van der Waals surface area contributed by atoms with E-state index in [0.29, 0.717) is 25.5 Å². The molecule has 0 radical (unpaired) electrons. The summed E-state index contributed by atoms with van der Waals surface area (Å²) in [7, 11) is -3.79. The molecule has 36 heavy (non-hydrogen) atoms. The Balaban J connectivity index is 1.34. The average molecular weight is 532 g/mol. The van der Waals surface area contributed by atoms with Crippen molar-refractivity contribution in [1.82, 2.24) is 19.7 Å². The number of carbonyl (C=O) groups is 1. The zero-order chi connectivity index (χ0) is 25.3. The summed E-state index contributed by atoms with van der Waals surface area (Å²) in [4.78, 5) is 29.0. The van der Waals surface area contributed by atoms with Crippen LogP contribution in [0.3, 0.4) is 0 Å². The van der Waals surface area contributed by atoms with Gasteiger partial charge in [0, 0.05) is 50.2 Å². The molecule has 2 aromatic heterocycles. The van der Waals surface area contributed by atoms with Crippen molar-refractivity contribution >= 4 is 54.8 Å². The number of amides is 1. The molecule has 192 valence electrons. The molecular weight excluding hydrogens is 502 g/mol. The normalized spacial score (nSPS) is 19.0. The lowest BCUT2D eigenvalue weighted by molar-refractivity contribution is -0.114. The van der Waals surface area contributed by atoms with E-state index in [2.05, 4.69) is 46.9 Å². The van der Waals surface area contributed by atoms with Crippen LogP contribution in [-0.2, 0) is 19.6 Å². The Morgan fingerprint density at radius 1 is 1.17 bits per heavy atom. The molecule has 0 bridgehead atoms. The summed E-state index contributed by atoms with van der Waals surface area (Å²) in [5.74, 6) is 0.511. The maximum atomic E-state index is 13.2. The third-order valence-electron chi connectivity index (χ3n) is 6.30. The predicted molar refractivity (Wildman–Crippen MR) is 139 cm³/mol. The number of carbonyl (C=O) groups excluding carboxylic acids is 1. The van der Waals surface area contributed by atoms with E-state index in [1.807, 2.05) is 6.07 Å². The zero-order valence-corrected chi connectivity index (χ0v) is 21.9. The van der Waals surface area contributed by atoms with Crippen LogP contribution in [0.4, 0.5) is 16.6 Å². The second-order valence-corrected chi connectivity index (χ2v) is 11.9. The van der Waals surface area contributed by atoms with Gasteiger partial charge in [0.05, 0.1) is 24.4 Å². The van der Waals surface area contributed by atoms with E-state index >= 15 is 0 Å². The Hall–Kier alpha value is -2.87. The molecule has 11 nitrogen and oxygen atoms in total. The van der Waals surface area contributed by atoms with Crippen molar-refractivity contribution < 1.29 is 17.9 Å². The highest BCUT2D eigenvalue weighted by molar-refractivity contribution is 7.91. The number of hydrogen-bond donors (Lipinski definition) is 2. The van der Waals surface area contributed by atoms with Crippen molar-refractivity contribution in [2.24, 2.45) is 0 Å². The standard InChI is InChI=1S/C23H29N7O4S2/c1-15-22(35-23(26-15)27-16(2)31)36(32,33)28-17-4-3-7-30(13-17)21-19-6-5-18(12-20(19)24-14-25-21)29-8-10-34-11-9-29/h5-6,12,14,17,28H,3-4,7-11,13H2,1-2H3,(H,26,27,31). The van der Waals surface area contributed by atoms with Crippen LogP contribution in [0.5, 0.6) is 0 Å². The number of nitrogens with zero attached hydrogens (tertiary/aromatic N) is 5. The first-order valence-corrected chi connectivity index (χ1v) is 14.2. The van der Waals surface area contributed by atoms with Crippen LogP contribution in [0.1, 0.15) is 25.5 Å². The van der Waals surface area contributed by atoms with E-state index in [0.717, 1.165) is 66.2 Å². The van der Waals surface area contributed by atoms with E-state index in [9.17, 15) is 13.2 Å². The number of anilines is 3. The summed E-state index contributed by atoms with van der Waals surface area (Å²) in [6, 6.07) is 5.93. The molecule has 13 heteroatoms. The Labute approximate surface area is 213 Å². The van der Waals surface area contributed by atoms with Gasteiger partial charge in [0.25, 0.3) is 10.0 Å². The highest BCUT2D eigenvalue weighted by Crippen LogP contribution is 2.31. The van der Waals surface area contributed by atoms with Gasteiger partial charge in [-0.3, -0.25) is 4.79 Å². The second-order valence-electron chi connectivity index (χ2n) is 8.98. The molecule has 2 saturated heterocycles. The number of piperidine rings is 1. The number of nitrogens with one attached hydrogen (secondary N) is 2. The average Bonchev–Trinajstić information content (AvgIpc) is 3.24. The van der Waals surface area contributed by atoms with E-state index in [1.165, 1.54) is 6.92 Å². The summed E-state index contributed by atoms with van der Waals surface area (Å²) in [5.41, 5.74) is 2.33. The number of aromatic nitrogens is 3. The fraction of sp³-hybridized carbons (Fsp3) is 0.478. The number of morpholine rings is 1. The van der Waals surface area contributed by atoms with Crippen LogP contribution in [0.15, 0.2) is 28.7 Å². The minimum absolute atomic E-state index is 0.117. The Kier molecular flexibility index (Phi) is 7.06. The van der Waals surface area contributed by atoms with E-state index in [-0.39, 0.29) is 21.3 Å².